The molecule has 0 atom stereocenters. The summed E-state index contributed by atoms with van der Waals surface area (Å²) in [4.78, 5) is 24.3. The molecular formula is C20H27N7O. The predicted octanol–water partition coefficient (Wildman–Crippen LogP) is 1.09. The second-order valence-corrected chi connectivity index (χ2v) is 7.44. The third-order valence-corrected chi connectivity index (χ3v) is 5.80. The average molecular weight is 381 g/mol. The molecule has 0 radical (unpaired) electrons. The second kappa shape index (κ2) is 8.00. The molecule has 0 bridgehead atoms. The van der Waals surface area contributed by atoms with Gasteiger partial charge in [-0.2, -0.15) is 10.1 Å². The van der Waals surface area contributed by atoms with Crippen LogP contribution in [0.5, 0.6) is 0 Å². The zero-order valence-corrected chi connectivity index (χ0v) is 16.6. The third-order valence-electron chi connectivity index (χ3n) is 5.80. The summed E-state index contributed by atoms with van der Waals surface area (Å²) >= 11 is 0. The topological polar surface area (TPSA) is 68.7 Å². The first-order valence-corrected chi connectivity index (χ1v) is 9.86. The van der Waals surface area contributed by atoms with Gasteiger partial charge in [0, 0.05) is 58.0 Å². The van der Waals surface area contributed by atoms with Crippen molar-refractivity contribution in [3.05, 3.63) is 35.5 Å². The van der Waals surface area contributed by atoms with Crippen LogP contribution in [-0.4, -0.2) is 78.8 Å². The van der Waals surface area contributed by atoms with Crippen LogP contribution in [0.1, 0.15) is 11.1 Å². The largest absolute Gasteiger partial charge is 0.368 e. The number of benzene rings is 1. The fourth-order valence-electron chi connectivity index (χ4n) is 3.85. The summed E-state index contributed by atoms with van der Waals surface area (Å²) in [5, 5.41) is 8.46. The first-order valence-electron chi connectivity index (χ1n) is 9.86. The number of aryl methyl sites for hydroxylation is 1. The van der Waals surface area contributed by atoms with Crippen molar-refractivity contribution in [3.8, 4) is 0 Å². The Morgan fingerprint density at radius 3 is 2.29 bits per heavy atom. The summed E-state index contributed by atoms with van der Waals surface area (Å²) in [6.07, 6.45) is 2.63. The minimum absolute atomic E-state index is 0.691. The number of carbonyl (C=O) groups is 1. The average Bonchev–Trinajstić information content (AvgIpc) is 2.76. The number of carbonyl (C=O) groups excluding carboxylic acids is 1. The van der Waals surface area contributed by atoms with Crippen LogP contribution in [0.4, 0.5) is 17.5 Å². The van der Waals surface area contributed by atoms with Crippen LogP contribution in [0.2, 0.25) is 0 Å². The molecule has 8 nitrogen and oxygen atoms in total. The van der Waals surface area contributed by atoms with Crippen LogP contribution in [0.25, 0.3) is 0 Å². The fourth-order valence-corrected chi connectivity index (χ4v) is 3.85. The number of anilines is 3. The van der Waals surface area contributed by atoms with Gasteiger partial charge in [-0.05, 0) is 31.0 Å². The SMILES string of the molecule is Cc1cccc(N2CCN(c3nncc(N4CCN(C=O)CC4)n3)CC2)c1C. The van der Waals surface area contributed by atoms with Gasteiger partial charge in [0.2, 0.25) is 12.4 Å². The Kier molecular flexibility index (Phi) is 5.27. The highest BCUT2D eigenvalue weighted by molar-refractivity contribution is 5.57. The number of rotatable bonds is 4. The first kappa shape index (κ1) is 18.5. The van der Waals surface area contributed by atoms with Gasteiger partial charge in [0.1, 0.15) is 0 Å². The molecule has 1 aromatic carbocycles. The Hall–Kier alpha value is -2.90. The molecule has 148 valence electrons. The van der Waals surface area contributed by atoms with E-state index in [0.29, 0.717) is 5.95 Å². The lowest BCUT2D eigenvalue weighted by atomic mass is 10.1. The van der Waals surface area contributed by atoms with Gasteiger partial charge in [-0.1, -0.05) is 12.1 Å². The van der Waals surface area contributed by atoms with E-state index in [4.69, 9.17) is 4.98 Å². The number of piperazine rings is 2. The van der Waals surface area contributed by atoms with E-state index < -0.39 is 0 Å². The summed E-state index contributed by atoms with van der Waals surface area (Å²) in [6, 6.07) is 6.50. The van der Waals surface area contributed by atoms with Gasteiger partial charge >= 0.3 is 0 Å². The molecular weight excluding hydrogens is 354 g/mol. The van der Waals surface area contributed by atoms with Crippen molar-refractivity contribution < 1.29 is 4.79 Å². The van der Waals surface area contributed by atoms with Gasteiger partial charge in [-0.25, -0.2) is 0 Å². The van der Waals surface area contributed by atoms with Crippen LogP contribution < -0.4 is 14.7 Å². The Labute approximate surface area is 165 Å². The highest BCUT2D eigenvalue weighted by Crippen LogP contribution is 2.25. The lowest BCUT2D eigenvalue weighted by molar-refractivity contribution is -0.118. The van der Waals surface area contributed by atoms with E-state index >= 15 is 0 Å². The summed E-state index contributed by atoms with van der Waals surface area (Å²) in [7, 11) is 0. The summed E-state index contributed by atoms with van der Waals surface area (Å²) in [5.41, 5.74) is 4.00. The molecule has 0 spiro atoms. The van der Waals surface area contributed by atoms with Gasteiger partial charge in [-0.3, -0.25) is 4.79 Å². The van der Waals surface area contributed by atoms with Crippen LogP contribution in [0.15, 0.2) is 24.4 Å². The second-order valence-electron chi connectivity index (χ2n) is 7.44. The lowest BCUT2D eigenvalue weighted by Gasteiger charge is -2.37. The zero-order valence-electron chi connectivity index (χ0n) is 16.6. The van der Waals surface area contributed by atoms with Crippen molar-refractivity contribution in [3.63, 3.8) is 0 Å². The number of hydrogen-bond donors (Lipinski definition) is 0. The zero-order chi connectivity index (χ0) is 19.5. The molecule has 2 saturated heterocycles. The van der Waals surface area contributed by atoms with Crippen molar-refractivity contribution in [1.29, 1.82) is 0 Å². The van der Waals surface area contributed by atoms with Crippen molar-refractivity contribution in [2.45, 2.75) is 13.8 Å². The summed E-state index contributed by atoms with van der Waals surface area (Å²) in [6.45, 7) is 11.0. The highest BCUT2D eigenvalue weighted by atomic mass is 16.1. The fraction of sp³-hybridized carbons (Fsp3) is 0.500. The number of hydrogen-bond acceptors (Lipinski definition) is 7. The van der Waals surface area contributed by atoms with Crippen molar-refractivity contribution in [2.24, 2.45) is 0 Å². The highest BCUT2D eigenvalue weighted by Gasteiger charge is 2.23. The molecule has 2 aliphatic rings. The van der Waals surface area contributed by atoms with E-state index in [-0.39, 0.29) is 0 Å². The molecule has 2 aliphatic heterocycles. The lowest BCUT2D eigenvalue weighted by Crippen LogP contribution is -2.48. The van der Waals surface area contributed by atoms with Gasteiger partial charge in [0.15, 0.2) is 5.82 Å². The maximum absolute atomic E-state index is 10.9. The Balaban J connectivity index is 1.41. The molecule has 2 aromatic rings. The molecule has 1 amide bonds. The molecule has 3 heterocycles. The van der Waals surface area contributed by atoms with E-state index in [9.17, 15) is 4.79 Å². The quantitative estimate of drug-likeness (QED) is 0.735. The first-order chi connectivity index (χ1) is 13.7. The predicted molar refractivity (Wildman–Crippen MR) is 110 cm³/mol. The van der Waals surface area contributed by atoms with Crippen LogP contribution in [0, 0.1) is 13.8 Å². The minimum Gasteiger partial charge on any atom is -0.368 e. The summed E-state index contributed by atoms with van der Waals surface area (Å²) in [5.74, 6) is 1.53. The third kappa shape index (κ3) is 3.72. The van der Waals surface area contributed by atoms with E-state index in [1.54, 1.807) is 11.1 Å². The van der Waals surface area contributed by atoms with Gasteiger partial charge in [-0.15, -0.1) is 5.10 Å². The smallest absolute Gasteiger partial charge is 0.247 e. The molecule has 28 heavy (non-hydrogen) atoms. The van der Waals surface area contributed by atoms with Crippen LogP contribution in [-0.2, 0) is 4.79 Å². The van der Waals surface area contributed by atoms with Crippen molar-refractivity contribution in [2.75, 3.05) is 67.1 Å². The molecule has 1 aromatic heterocycles. The molecule has 0 saturated carbocycles. The molecule has 8 heteroatoms. The number of aromatic nitrogens is 3. The molecule has 4 rings (SSSR count). The Morgan fingerprint density at radius 2 is 1.57 bits per heavy atom. The number of nitrogens with zero attached hydrogens (tertiary/aromatic N) is 7. The maximum atomic E-state index is 10.9. The standard InChI is InChI=1S/C20H27N7O/c1-16-4-3-5-18(17(16)2)25-10-12-27(13-11-25)20-22-19(14-21-23-20)26-8-6-24(15-28)7-9-26/h3-5,14-15H,6-13H2,1-2H3. The van der Waals surface area contributed by atoms with Crippen molar-refractivity contribution in [1.82, 2.24) is 20.1 Å². The molecule has 0 N–H and O–H groups in total. The monoisotopic (exact) mass is 381 g/mol. The Morgan fingerprint density at radius 1 is 0.893 bits per heavy atom. The van der Waals surface area contributed by atoms with E-state index in [2.05, 4.69) is 56.9 Å². The van der Waals surface area contributed by atoms with E-state index in [0.717, 1.165) is 64.6 Å². The Bertz CT molecular complexity index is 827. The molecule has 0 unspecified atom stereocenters. The normalized spacial score (nSPS) is 17.8. The molecule has 0 aliphatic carbocycles. The summed E-state index contributed by atoms with van der Waals surface area (Å²) < 4.78 is 0. The molecule has 2 fully saturated rings. The van der Waals surface area contributed by atoms with E-state index in [1.807, 2.05) is 0 Å². The van der Waals surface area contributed by atoms with Crippen LogP contribution in [0.3, 0.4) is 0 Å². The van der Waals surface area contributed by atoms with E-state index in [1.165, 1.54) is 16.8 Å². The van der Waals surface area contributed by atoms with Crippen LogP contribution >= 0.6 is 0 Å². The van der Waals surface area contributed by atoms with Gasteiger partial charge < -0.3 is 19.6 Å². The van der Waals surface area contributed by atoms with Gasteiger partial charge in [0.05, 0.1) is 6.20 Å². The maximum Gasteiger partial charge on any atom is 0.247 e. The van der Waals surface area contributed by atoms with Gasteiger partial charge in [0.25, 0.3) is 0 Å². The minimum atomic E-state index is 0.691. The number of amides is 1. The van der Waals surface area contributed by atoms with Crippen molar-refractivity contribution >= 4 is 23.9 Å².